The molecule has 1 aromatic heterocycles. The Hall–Kier alpha value is -2.34. The first-order valence-electron chi connectivity index (χ1n) is 8.54. The summed E-state index contributed by atoms with van der Waals surface area (Å²) in [6.07, 6.45) is 2.90. The van der Waals surface area contributed by atoms with Crippen LogP contribution in [0, 0.1) is 0 Å². The third-order valence-electron chi connectivity index (χ3n) is 4.23. The lowest BCUT2D eigenvalue weighted by Crippen LogP contribution is -2.30. The number of nitrogens with zero attached hydrogens (tertiary/aromatic N) is 1. The highest BCUT2D eigenvalue weighted by atomic mass is 32.1. The third kappa shape index (κ3) is 4.60. The van der Waals surface area contributed by atoms with Gasteiger partial charge in [0.05, 0.1) is 0 Å². The number of benzene rings is 1. The summed E-state index contributed by atoms with van der Waals surface area (Å²) < 4.78 is 5.20. The Morgan fingerprint density at radius 1 is 1.12 bits per heavy atom. The van der Waals surface area contributed by atoms with Crippen LogP contribution in [0.15, 0.2) is 41.8 Å². The fourth-order valence-corrected chi connectivity index (χ4v) is 3.42. The second-order valence-electron chi connectivity index (χ2n) is 6.11. The van der Waals surface area contributed by atoms with Crippen molar-refractivity contribution in [3.63, 3.8) is 0 Å². The lowest BCUT2D eigenvalue weighted by atomic mass is 10.1. The Morgan fingerprint density at radius 2 is 1.84 bits per heavy atom. The zero-order valence-electron chi connectivity index (χ0n) is 14.2. The highest BCUT2D eigenvalue weighted by Gasteiger charge is 2.19. The number of hydrogen-bond acceptors (Lipinski definition) is 5. The van der Waals surface area contributed by atoms with Gasteiger partial charge in [-0.1, -0.05) is 6.07 Å². The van der Waals surface area contributed by atoms with Crippen molar-refractivity contribution in [1.82, 2.24) is 0 Å². The van der Waals surface area contributed by atoms with Crippen molar-refractivity contribution in [2.45, 2.75) is 32.3 Å². The molecule has 2 aromatic rings. The van der Waals surface area contributed by atoms with Gasteiger partial charge in [0.25, 0.3) is 5.91 Å². The normalized spacial score (nSPS) is 15.5. The van der Waals surface area contributed by atoms with Crippen molar-refractivity contribution in [3.8, 4) is 0 Å². The molecular formula is C19H22N2O3S. The van der Waals surface area contributed by atoms with Crippen molar-refractivity contribution < 1.29 is 14.3 Å². The summed E-state index contributed by atoms with van der Waals surface area (Å²) in [5.41, 5.74) is 1.87. The van der Waals surface area contributed by atoms with Gasteiger partial charge in [-0.05, 0) is 61.9 Å². The number of anilines is 2. The number of esters is 1. The average Bonchev–Trinajstić information content (AvgIpc) is 3.18. The quantitative estimate of drug-likeness (QED) is 0.823. The van der Waals surface area contributed by atoms with Gasteiger partial charge < -0.3 is 15.0 Å². The standard InChI is InChI=1S/C19H22N2O3S/c1-14(24-19(23)17-6-5-13-25-17)18(22)20-15-7-9-16(10-8-15)21-11-3-2-4-12-21/h5-10,13-14H,2-4,11-12H2,1H3,(H,20,22)/t14-/m0/s1. The molecule has 1 atom stereocenters. The molecule has 1 aromatic carbocycles. The summed E-state index contributed by atoms with van der Waals surface area (Å²) in [6.45, 7) is 3.74. The zero-order valence-corrected chi connectivity index (χ0v) is 15.1. The number of thiophene rings is 1. The van der Waals surface area contributed by atoms with Gasteiger partial charge in [0, 0.05) is 24.5 Å². The molecular weight excluding hydrogens is 336 g/mol. The molecule has 132 valence electrons. The van der Waals surface area contributed by atoms with Crippen molar-refractivity contribution in [2.75, 3.05) is 23.3 Å². The van der Waals surface area contributed by atoms with Crippen LogP contribution in [0.25, 0.3) is 0 Å². The van der Waals surface area contributed by atoms with Crippen LogP contribution in [-0.4, -0.2) is 31.1 Å². The molecule has 1 saturated heterocycles. The number of carbonyl (C=O) groups excluding carboxylic acids is 2. The van der Waals surface area contributed by atoms with E-state index in [9.17, 15) is 9.59 Å². The average molecular weight is 358 g/mol. The van der Waals surface area contributed by atoms with Gasteiger partial charge in [-0.15, -0.1) is 11.3 Å². The highest BCUT2D eigenvalue weighted by Crippen LogP contribution is 2.22. The van der Waals surface area contributed by atoms with E-state index in [-0.39, 0.29) is 5.91 Å². The molecule has 1 amide bonds. The summed E-state index contributed by atoms with van der Waals surface area (Å²) in [4.78, 5) is 27.0. The van der Waals surface area contributed by atoms with E-state index in [4.69, 9.17) is 4.74 Å². The molecule has 0 unspecified atom stereocenters. The first-order chi connectivity index (χ1) is 12.1. The van der Waals surface area contributed by atoms with Crippen LogP contribution >= 0.6 is 11.3 Å². The first kappa shape index (κ1) is 17.5. The molecule has 5 nitrogen and oxygen atoms in total. The Kier molecular flexibility index (Phi) is 5.71. The van der Waals surface area contributed by atoms with Crippen LogP contribution in [0.4, 0.5) is 11.4 Å². The molecule has 0 radical (unpaired) electrons. The molecule has 0 aliphatic carbocycles. The molecule has 1 fully saturated rings. The number of carbonyl (C=O) groups is 2. The fourth-order valence-electron chi connectivity index (χ4n) is 2.82. The van der Waals surface area contributed by atoms with E-state index < -0.39 is 12.1 Å². The van der Waals surface area contributed by atoms with Gasteiger partial charge in [-0.25, -0.2) is 4.79 Å². The minimum atomic E-state index is -0.851. The Labute approximate surface area is 151 Å². The molecule has 1 N–H and O–H groups in total. The van der Waals surface area contributed by atoms with Crippen molar-refractivity contribution in [2.24, 2.45) is 0 Å². The lowest BCUT2D eigenvalue weighted by Gasteiger charge is -2.28. The van der Waals surface area contributed by atoms with E-state index in [1.807, 2.05) is 24.3 Å². The fraction of sp³-hybridized carbons (Fsp3) is 0.368. The molecule has 3 rings (SSSR count). The maximum atomic E-state index is 12.2. The van der Waals surface area contributed by atoms with E-state index in [2.05, 4.69) is 10.2 Å². The highest BCUT2D eigenvalue weighted by molar-refractivity contribution is 7.11. The summed E-state index contributed by atoms with van der Waals surface area (Å²) in [5.74, 6) is -0.811. The summed E-state index contributed by atoms with van der Waals surface area (Å²) in [6, 6.07) is 11.3. The molecule has 2 heterocycles. The second-order valence-corrected chi connectivity index (χ2v) is 7.06. The molecule has 6 heteroatoms. The summed E-state index contributed by atoms with van der Waals surface area (Å²) >= 11 is 1.29. The molecule has 0 spiro atoms. The maximum absolute atomic E-state index is 12.2. The van der Waals surface area contributed by atoms with Crippen LogP contribution in [-0.2, 0) is 9.53 Å². The van der Waals surface area contributed by atoms with Crippen LogP contribution in [0.3, 0.4) is 0 Å². The number of rotatable bonds is 5. The third-order valence-corrected chi connectivity index (χ3v) is 5.08. The van der Waals surface area contributed by atoms with Crippen LogP contribution in [0.2, 0.25) is 0 Å². The van der Waals surface area contributed by atoms with Gasteiger partial charge in [0.15, 0.2) is 6.10 Å². The van der Waals surface area contributed by atoms with Gasteiger partial charge in [0.2, 0.25) is 0 Å². The van der Waals surface area contributed by atoms with Crippen molar-refractivity contribution in [3.05, 3.63) is 46.7 Å². The SMILES string of the molecule is C[C@H](OC(=O)c1cccs1)C(=O)Nc1ccc(N2CCCCC2)cc1. The monoisotopic (exact) mass is 358 g/mol. The molecule has 1 aliphatic rings. The molecule has 1 aliphatic heterocycles. The smallest absolute Gasteiger partial charge is 0.349 e. The van der Waals surface area contributed by atoms with Crippen molar-refractivity contribution >= 4 is 34.6 Å². The minimum Gasteiger partial charge on any atom is -0.448 e. The van der Waals surface area contributed by atoms with Crippen LogP contribution in [0.1, 0.15) is 35.9 Å². The van der Waals surface area contributed by atoms with Crippen LogP contribution < -0.4 is 10.2 Å². The molecule has 0 bridgehead atoms. The largest absolute Gasteiger partial charge is 0.448 e. The van der Waals surface area contributed by atoms with Gasteiger partial charge in [0.1, 0.15) is 4.88 Å². The number of hydrogen-bond donors (Lipinski definition) is 1. The lowest BCUT2D eigenvalue weighted by molar-refractivity contribution is -0.123. The Morgan fingerprint density at radius 3 is 2.48 bits per heavy atom. The second kappa shape index (κ2) is 8.16. The summed E-state index contributed by atoms with van der Waals surface area (Å²) in [5, 5.41) is 4.59. The maximum Gasteiger partial charge on any atom is 0.349 e. The topological polar surface area (TPSA) is 58.6 Å². The van der Waals surface area contributed by atoms with Crippen molar-refractivity contribution in [1.29, 1.82) is 0 Å². The van der Waals surface area contributed by atoms with E-state index in [0.717, 1.165) is 13.1 Å². The number of ether oxygens (including phenoxy) is 1. The Balaban J connectivity index is 1.54. The van der Waals surface area contributed by atoms with Gasteiger partial charge in [-0.3, -0.25) is 4.79 Å². The number of piperidine rings is 1. The number of amides is 1. The Bertz CT molecular complexity index is 707. The zero-order chi connectivity index (χ0) is 17.6. The van der Waals surface area contributed by atoms with E-state index >= 15 is 0 Å². The molecule has 25 heavy (non-hydrogen) atoms. The summed E-state index contributed by atoms with van der Waals surface area (Å²) in [7, 11) is 0. The van der Waals surface area contributed by atoms with Gasteiger partial charge >= 0.3 is 5.97 Å². The van der Waals surface area contributed by atoms with Crippen LogP contribution in [0.5, 0.6) is 0 Å². The predicted molar refractivity (Wildman–Crippen MR) is 100 cm³/mol. The van der Waals surface area contributed by atoms with E-state index in [1.54, 1.807) is 24.4 Å². The van der Waals surface area contributed by atoms with E-state index in [1.165, 1.54) is 36.3 Å². The van der Waals surface area contributed by atoms with Gasteiger partial charge in [-0.2, -0.15) is 0 Å². The number of nitrogens with one attached hydrogen (secondary N) is 1. The minimum absolute atomic E-state index is 0.337. The van der Waals surface area contributed by atoms with E-state index in [0.29, 0.717) is 10.6 Å². The first-order valence-corrected chi connectivity index (χ1v) is 9.42. The predicted octanol–water partition coefficient (Wildman–Crippen LogP) is 3.92. The molecule has 0 saturated carbocycles.